The molecule has 3 fully saturated rings. The molecule has 0 aliphatic carbocycles. The molecule has 0 radical (unpaired) electrons. The minimum atomic E-state index is -0.527. The van der Waals surface area contributed by atoms with Crippen molar-refractivity contribution in [1.82, 2.24) is 19.6 Å². The average molecular weight is 665 g/mol. The molecule has 0 unspecified atom stereocenters. The molecule has 1 aromatic heterocycles. The number of nitrogens with two attached hydrogens (primary N) is 1. The van der Waals surface area contributed by atoms with Crippen LogP contribution in [0.2, 0.25) is 5.02 Å². The quantitative estimate of drug-likeness (QED) is 0.316. The molecule has 0 saturated carbocycles. The number of nitrogens with one attached hydrogen (secondary N) is 1. The number of carbonyl (C=O) groups is 3. The molecule has 4 amide bonds. The zero-order valence-corrected chi connectivity index (χ0v) is 28.3. The highest BCUT2D eigenvalue weighted by molar-refractivity contribution is 7.08. The van der Waals surface area contributed by atoms with Gasteiger partial charge in [-0.05, 0) is 100.0 Å². The molecule has 9 nitrogen and oxygen atoms in total. The van der Waals surface area contributed by atoms with Gasteiger partial charge in [0, 0.05) is 55.1 Å². The number of nitrogen functional groups attached to an aromatic ring is 1. The van der Waals surface area contributed by atoms with E-state index in [1.807, 2.05) is 26.1 Å². The van der Waals surface area contributed by atoms with Crippen molar-refractivity contribution in [3.05, 3.63) is 44.6 Å². The SMILES string of the molecule is C#Cc1cc(C[C@@H](CC(=O)N2CCC(N3Cc4cscc4NC3=O)CC2)C(=O)N2CCC(C3CCN(C)CC3)CC2)cc(Cl)c1N. The van der Waals surface area contributed by atoms with Crippen molar-refractivity contribution in [2.75, 3.05) is 57.4 Å². The van der Waals surface area contributed by atoms with E-state index in [9.17, 15) is 14.4 Å². The molecule has 11 heteroatoms. The van der Waals surface area contributed by atoms with Crippen molar-refractivity contribution in [2.45, 2.75) is 64.0 Å². The van der Waals surface area contributed by atoms with E-state index in [1.54, 1.807) is 17.4 Å². The third-order valence-electron chi connectivity index (χ3n) is 10.7. The van der Waals surface area contributed by atoms with Crippen molar-refractivity contribution in [1.29, 1.82) is 0 Å². The van der Waals surface area contributed by atoms with Crippen LogP contribution in [0, 0.1) is 30.1 Å². The molecule has 4 aliphatic rings. The summed E-state index contributed by atoms with van der Waals surface area (Å²) in [5.41, 5.74) is 9.77. The predicted octanol–water partition coefficient (Wildman–Crippen LogP) is 5.13. The predicted molar refractivity (Wildman–Crippen MR) is 184 cm³/mol. The number of amides is 4. The third kappa shape index (κ3) is 7.17. The van der Waals surface area contributed by atoms with Crippen LogP contribution in [0.1, 0.15) is 61.6 Å². The van der Waals surface area contributed by atoms with Crippen LogP contribution in [-0.4, -0.2) is 89.8 Å². The summed E-state index contributed by atoms with van der Waals surface area (Å²) in [6.07, 6.45) is 12.1. The van der Waals surface area contributed by atoms with Crippen LogP contribution < -0.4 is 11.1 Å². The number of urea groups is 1. The number of halogens is 1. The smallest absolute Gasteiger partial charge is 0.322 e. The fourth-order valence-corrected chi connectivity index (χ4v) is 8.87. The lowest BCUT2D eigenvalue weighted by Gasteiger charge is -2.41. The van der Waals surface area contributed by atoms with Crippen LogP contribution in [0.5, 0.6) is 0 Å². The van der Waals surface area contributed by atoms with Gasteiger partial charge >= 0.3 is 6.03 Å². The molecular weight excluding hydrogens is 620 g/mol. The first-order valence-corrected chi connectivity index (χ1v) is 17.9. The first kappa shape index (κ1) is 32.7. The van der Waals surface area contributed by atoms with Crippen LogP contribution in [-0.2, 0) is 22.6 Å². The molecule has 1 atom stereocenters. The Morgan fingerprint density at radius 2 is 1.67 bits per heavy atom. The van der Waals surface area contributed by atoms with Crippen LogP contribution in [0.4, 0.5) is 16.2 Å². The number of rotatable bonds is 7. The van der Waals surface area contributed by atoms with Gasteiger partial charge in [-0.1, -0.05) is 17.5 Å². The fourth-order valence-electron chi connectivity index (χ4n) is 7.85. The Balaban J connectivity index is 1.10. The van der Waals surface area contributed by atoms with Gasteiger partial charge in [-0.15, -0.1) is 17.8 Å². The first-order chi connectivity index (χ1) is 22.2. The molecule has 0 spiro atoms. The van der Waals surface area contributed by atoms with E-state index in [1.165, 1.54) is 12.8 Å². The number of carbonyl (C=O) groups excluding carboxylic acids is 3. The highest BCUT2D eigenvalue weighted by atomic mass is 35.5. The number of benzene rings is 1. The Morgan fingerprint density at radius 1 is 1.02 bits per heavy atom. The van der Waals surface area contributed by atoms with E-state index in [-0.39, 0.29) is 30.3 Å². The Hall–Kier alpha value is -3.26. The summed E-state index contributed by atoms with van der Waals surface area (Å²) < 4.78 is 0. The van der Waals surface area contributed by atoms with E-state index in [2.05, 4.69) is 28.6 Å². The van der Waals surface area contributed by atoms with Crippen molar-refractivity contribution >= 4 is 52.2 Å². The molecule has 3 N–H and O–H groups in total. The van der Waals surface area contributed by atoms with Gasteiger partial charge in [0.05, 0.1) is 28.9 Å². The maximum atomic E-state index is 14.1. The van der Waals surface area contributed by atoms with E-state index in [4.69, 9.17) is 23.8 Å². The molecule has 6 rings (SSSR count). The van der Waals surface area contributed by atoms with Gasteiger partial charge < -0.3 is 30.7 Å². The van der Waals surface area contributed by atoms with E-state index in [0.717, 1.165) is 61.8 Å². The fraction of sp³-hybridized carbons (Fsp3) is 0.571. The maximum Gasteiger partial charge on any atom is 0.322 e. The Labute approximate surface area is 281 Å². The summed E-state index contributed by atoms with van der Waals surface area (Å²) in [7, 11) is 2.19. The van der Waals surface area contributed by atoms with Gasteiger partial charge in [0.1, 0.15) is 0 Å². The van der Waals surface area contributed by atoms with Gasteiger partial charge in [-0.3, -0.25) is 9.59 Å². The lowest BCUT2D eigenvalue weighted by molar-refractivity contribution is -0.143. The number of fused-ring (bicyclic) bond motifs is 1. The second-order valence-electron chi connectivity index (χ2n) is 13.6. The van der Waals surface area contributed by atoms with Crippen LogP contribution >= 0.6 is 22.9 Å². The number of terminal acetylenes is 1. The number of piperidine rings is 3. The van der Waals surface area contributed by atoms with Gasteiger partial charge in [0.15, 0.2) is 0 Å². The number of anilines is 2. The van der Waals surface area contributed by atoms with Crippen LogP contribution in [0.3, 0.4) is 0 Å². The molecular formula is C35H45ClN6O3S. The Kier molecular flexibility index (Phi) is 10.1. The summed E-state index contributed by atoms with van der Waals surface area (Å²) in [6, 6.07) is 3.57. The largest absolute Gasteiger partial charge is 0.397 e. The molecule has 1 aromatic carbocycles. The van der Waals surface area contributed by atoms with Gasteiger partial charge in [0.2, 0.25) is 11.8 Å². The zero-order chi connectivity index (χ0) is 32.4. The van der Waals surface area contributed by atoms with Gasteiger partial charge in [-0.25, -0.2) is 4.79 Å². The lowest BCUT2D eigenvalue weighted by Crippen LogP contribution is -2.51. The van der Waals surface area contributed by atoms with Gasteiger partial charge in [0.25, 0.3) is 0 Å². The summed E-state index contributed by atoms with van der Waals surface area (Å²) in [4.78, 5) is 48.8. The minimum Gasteiger partial charge on any atom is -0.397 e. The number of hydrogen-bond acceptors (Lipinski definition) is 6. The van der Waals surface area contributed by atoms with Crippen molar-refractivity contribution < 1.29 is 14.4 Å². The molecule has 46 heavy (non-hydrogen) atoms. The number of thiophene rings is 1. The van der Waals surface area contributed by atoms with Gasteiger partial charge in [-0.2, -0.15) is 0 Å². The summed E-state index contributed by atoms with van der Waals surface area (Å²) in [6.45, 7) is 5.47. The lowest BCUT2D eigenvalue weighted by atomic mass is 9.78. The normalized spacial score (nSPS) is 21.1. The summed E-state index contributed by atoms with van der Waals surface area (Å²) >= 11 is 8.01. The summed E-state index contributed by atoms with van der Waals surface area (Å²) in [5, 5.41) is 7.40. The zero-order valence-electron chi connectivity index (χ0n) is 26.7. The van der Waals surface area contributed by atoms with Crippen molar-refractivity contribution in [3.8, 4) is 12.3 Å². The van der Waals surface area contributed by atoms with E-state index >= 15 is 0 Å². The summed E-state index contributed by atoms with van der Waals surface area (Å²) in [5.74, 6) is 3.45. The van der Waals surface area contributed by atoms with E-state index in [0.29, 0.717) is 61.1 Å². The monoisotopic (exact) mass is 664 g/mol. The average Bonchev–Trinajstić information content (AvgIpc) is 3.53. The molecule has 2 aromatic rings. The Bertz CT molecular complexity index is 1480. The van der Waals surface area contributed by atoms with Crippen LogP contribution in [0.25, 0.3) is 0 Å². The molecule has 3 saturated heterocycles. The highest BCUT2D eigenvalue weighted by Crippen LogP contribution is 2.34. The van der Waals surface area contributed by atoms with Crippen LogP contribution in [0.15, 0.2) is 22.9 Å². The minimum absolute atomic E-state index is 0.0248. The third-order valence-corrected chi connectivity index (χ3v) is 11.8. The molecule has 5 heterocycles. The second kappa shape index (κ2) is 14.2. The number of hydrogen-bond donors (Lipinski definition) is 2. The van der Waals surface area contributed by atoms with Crippen molar-refractivity contribution in [2.24, 2.45) is 17.8 Å². The standard InChI is InChI=1S/C35H45ClN6O3S/c1-3-24-16-23(18-30(36)33(24)37)17-27(34(44)41-12-6-26(7-13-41)25-4-10-39(2)11-5-25)19-32(43)40-14-8-29(9-15-40)42-20-28-21-46-22-31(28)38-35(42)45/h1,16,18,21-22,25-27,29H,4-15,17,19-20,37H2,2H3,(H,38,45)/t27-/m0/s1. The highest BCUT2D eigenvalue weighted by Gasteiger charge is 2.36. The molecule has 0 bridgehead atoms. The van der Waals surface area contributed by atoms with E-state index < -0.39 is 5.92 Å². The molecule has 4 aliphatic heterocycles. The number of nitrogens with zero attached hydrogens (tertiary/aromatic N) is 4. The molecule has 246 valence electrons. The maximum absolute atomic E-state index is 14.1. The topological polar surface area (TPSA) is 102 Å². The van der Waals surface area contributed by atoms with Crippen molar-refractivity contribution in [3.63, 3.8) is 0 Å². The Morgan fingerprint density at radius 3 is 2.35 bits per heavy atom. The first-order valence-electron chi connectivity index (χ1n) is 16.6. The number of likely N-dealkylation sites (tertiary alicyclic amines) is 3. The second-order valence-corrected chi connectivity index (χ2v) is 14.7.